The molecule has 4 heteroatoms. The summed E-state index contributed by atoms with van der Waals surface area (Å²) in [5, 5.41) is 8.24. The van der Waals surface area contributed by atoms with E-state index in [4.69, 9.17) is 4.74 Å². The average molecular weight is 280 g/mol. The molecule has 0 amide bonds. The molecule has 1 aliphatic rings. The van der Waals surface area contributed by atoms with Crippen LogP contribution >= 0.6 is 0 Å². The number of nitrogens with zero attached hydrogens (tertiary/aromatic N) is 2. The maximum Gasteiger partial charge on any atom is 0.189 e. The lowest BCUT2D eigenvalue weighted by Crippen LogP contribution is -2.24. The maximum absolute atomic E-state index is 12.6. The molecule has 21 heavy (non-hydrogen) atoms. The summed E-state index contributed by atoms with van der Waals surface area (Å²) in [6.07, 6.45) is 0. The summed E-state index contributed by atoms with van der Waals surface area (Å²) in [6.45, 7) is 0.551. The molecule has 0 saturated carbocycles. The van der Waals surface area contributed by atoms with Gasteiger partial charge in [-0.05, 0) is 17.7 Å². The van der Waals surface area contributed by atoms with Crippen molar-refractivity contribution in [3.05, 3.63) is 65.7 Å². The Kier molecular flexibility index (Phi) is 3.77. The first-order chi connectivity index (χ1) is 10.3. The van der Waals surface area contributed by atoms with Crippen LogP contribution in [0.1, 0.15) is 21.8 Å². The van der Waals surface area contributed by atoms with Crippen LogP contribution in [0.25, 0.3) is 0 Å². The number of hydrogen-bond acceptors (Lipinski definition) is 4. The molecule has 3 rings (SSSR count). The Morgan fingerprint density at radius 2 is 1.81 bits per heavy atom. The highest BCUT2D eigenvalue weighted by molar-refractivity contribution is 6.01. The fourth-order valence-corrected chi connectivity index (χ4v) is 2.55. The van der Waals surface area contributed by atoms with Gasteiger partial charge in [-0.1, -0.05) is 42.5 Å². The summed E-state index contributed by atoms with van der Waals surface area (Å²) >= 11 is 0. The summed E-state index contributed by atoms with van der Waals surface area (Å²) < 4.78 is 5.16. The number of hydrogen-bond donors (Lipinski definition) is 0. The van der Waals surface area contributed by atoms with Crippen molar-refractivity contribution in [1.82, 2.24) is 0 Å². The van der Waals surface area contributed by atoms with Gasteiger partial charge in [0.05, 0.1) is 13.7 Å². The van der Waals surface area contributed by atoms with Crippen molar-refractivity contribution >= 4 is 5.78 Å². The van der Waals surface area contributed by atoms with Crippen LogP contribution in [0, 0.1) is 0 Å². The van der Waals surface area contributed by atoms with Gasteiger partial charge in [0.2, 0.25) is 0 Å². The molecular weight excluding hydrogens is 264 g/mol. The number of azo groups is 1. The second kappa shape index (κ2) is 5.87. The maximum atomic E-state index is 12.6. The first kappa shape index (κ1) is 13.5. The lowest BCUT2D eigenvalue weighted by Gasteiger charge is -2.16. The SMILES string of the molecule is COc1ccc([C@@H]2CN=N[C@H]2C(=O)c2ccccc2)cc1. The van der Waals surface area contributed by atoms with Crippen molar-refractivity contribution in [1.29, 1.82) is 0 Å². The molecule has 0 bridgehead atoms. The van der Waals surface area contributed by atoms with E-state index in [2.05, 4.69) is 10.2 Å². The highest BCUT2D eigenvalue weighted by Crippen LogP contribution is 2.31. The van der Waals surface area contributed by atoms with Crippen molar-refractivity contribution in [2.45, 2.75) is 12.0 Å². The van der Waals surface area contributed by atoms with Crippen molar-refractivity contribution < 1.29 is 9.53 Å². The van der Waals surface area contributed by atoms with Gasteiger partial charge >= 0.3 is 0 Å². The summed E-state index contributed by atoms with van der Waals surface area (Å²) in [4.78, 5) is 12.6. The molecule has 2 aromatic rings. The van der Waals surface area contributed by atoms with Crippen LogP contribution in [0.5, 0.6) is 5.75 Å². The van der Waals surface area contributed by atoms with Crippen molar-refractivity contribution in [3.63, 3.8) is 0 Å². The largest absolute Gasteiger partial charge is 0.497 e. The van der Waals surface area contributed by atoms with E-state index >= 15 is 0 Å². The zero-order chi connectivity index (χ0) is 14.7. The Balaban J connectivity index is 1.84. The Morgan fingerprint density at radius 3 is 2.48 bits per heavy atom. The molecule has 0 aliphatic carbocycles. The standard InChI is InChI=1S/C17H16N2O2/c1-21-14-9-7-12(8-10-14)15-11-18-19-16(15)17(20)13-5-3-2-4-6-13/h2-10,15-16H,11H2,1H3/t15-,16+/m0/s1. The summed E-state index contributed by atoms with van der Waals surface area (Å²) in [6, 6.07) is 16.6. The predicted octanol–water partition coefficient (Wildman–Crippen LogP) is 3.50. The van der Waals surface area contributed by atoms with E-state index in [1.54, 1.807) is 7.11 Å². The van der Waals surface area contributed by atoms with Crippen molar-refractivity contribution in [2.24, 2.45) is 10.2 Å². The first-order valence-corrected chi connectivity index (χ1v) is 6.89. The molecule has 0 N–H and O–H groups in total. The minimum Gasteiger partial charge on any atom is -0.497 e. The lowest BCUT2D eigenvalue weighted by atomic mass is 9.88. The second-order valence-corrected chi connectivity index (χ2v) is 4.99. The normalized spacial score (nSPS) is 20.4. The lowest BCUT2D eigenvalue weighted by molar-refractivity contribution is 0.0956. The van der Waals surface area contributed by atoms with E-state index in [9.17, 15) is 4.79 Å². The number of carbonyl (C=O) groups is 1. The minimum absolute atomic E-state index is 0.00334. The summed E-state index contributed by atoms with van der Waals surface area (Å²) in [7, 11) is 1.64. The van der Waals surface area contributed by atoms with E-state index in [1.807, 2.05) is 54.6 Å². The van der Waals surface area contributed by atoms with Crippen LogP contribution in [0.3, 0.4) is 0 Å². The Hall–Kier alpha value is -2.49. The van der Waals surface area contributed by atoms with Gasteiger partial charge in [0.15, 0.2) is 5.78 Å². The molecule has 2 atom stereocenters. The van der Waals surface area contributed by atoms with E-state index in [0.29, 0.717) is 12.1 Å². The average Bonchev–Trinajstić information content (AvgIpc) is 3.04. The summed E-state index contributed by atoms with van der Waals surface area (Å²) in [5.41, 5.74) is 1.75. The number of methoxy groups -OCH3 is 1. The second-order valence-electron chi connectivity index (χ2n) is 4.99. The van der Waals surface area contributed by atoms with Crippen LogP contribution < -0.4 is 4.74 Å². The van der Waals surface area contributed by atoms with Crippen molar-refractivity contribution in [2.75, 3.05) is 13.7 Å². The van der Waals surface area contributed by atoms with Crippen LogP contribution in [0.4, 0.5) is 0 Å². The van der Waals surface area contributed by atoms with Crippen LogP contribution in [-0.4, -0.2) is 25.5 Å². The van der Waals surface area contributed by atoms with Gasteiger partial charge in [-0.25, -0.2) is 0 Å². The Labute approximate surface area is 123 Å². The minimum atomic E-state index is -0.430. The fraction of sp³-hybridized carbons (Fsp3) is 0.235. The third kappa shape index (κ3) is 2.70. The van der Waals surface area contributed by atoms with Gasteiger partial charge in [0.25, 0.3) is 0 Å². The molecule has 0 unspecified atom stereocenters. The first-order valence-electron chi connectivity index (χ1n) is 6.89. The van der Waals surface area contributed by atoms with E-state index in [1.165, 1.54) is 0 Å². The van der Waals surface area contributed by atoms with Crippen LogP contribution in [-0.2, 0) is 0 Å². The summed E-state index contributed by atoms with van der Waals surface area (Å²) in [5.74, 6) is 0.831. The number of Topliss-reactive ketones (excluding diaryl/α,β-unsaturated/α-hetero) is 1. The smallest absolute Gasteiger partial charge is 0.189 e. The molecule has 0 aromatic heterocycles. The number of benzene rings is 2. The van der Waals surface area contributed by atoms with Gasteiger partial charge in [0.1, 0.15) is 11.8 Å². The Morgan fingerprint density at radius 1 is 1.10 bits per heavy atom. The molecule has 1 heterocycles. The topological polar surface area (TPSA) is 51.0 Å². The van der Waals surface area contributed by atoms with Gasteiger partial charge in [-0.15, -0.1) is 0 Å². The van der Waals surface area contributed by atoms with Crippen molar-refractivity contribution in [3.8, 4) is 5.75 Å². The molecule has 1 aliphatic heterocycles. The molecule has 106 valence electrons. The molecule has 2 aromatic carbocycles. The Bertz CT molecular complexity index is 650. The number of ether oxygens (including phenoxy) is 1. The third-order valence-electron chi connectivity index (χ3n) is 3.74. The van der Waals surface area contributed by atoms with E-state index in [-0.39, 0.29) is 11.7 Å². The predicted molar refractivity (Wildman–Crippen MR) is 80.0 cm³/mol. The highest BCUT2D eigenvalue weighted by Gasteiger charge is 2.33. The van der Waals surface area contributed by atoms with E-state index in [0.717, 1.165) is 11.3 Å². The van der Waals surface area contributed by atoms with Crippen LogP contribution in [0.15, 0.2) is 64.8 Å². The number of carbonyl (C=O) groups excluding carboxylic acids is 1. The van der Waals surface area contributed by atoms with Gasteiger partial charge in [0, 0.05) is 11.5 Å². The van der Waals surface area contributed by atoms with E-state index < -0.39 is 6.04 Å². The number of rotatable bonds is 4. The fourth-order valence-electron chi connectivity index (χ4n) is 2.55. The third-order valence-corrected chi connectivity index (χ3v) is 3.74. The molecule has 0 saturated heterocycles. The van der Waals surface area contributed by atoms with Gasteiger partial charge < -0.3 is 4.74 Å². The van der Waals surface area contributed by atoms with Crippen LogP contribution in [0.2, 0.25) is 0 Å². The van der Waals surface area contributed by atoms with Gasteiger partial charge in [-0.3, -0.25) is 4.79 Å². The quantitative estimate of drug-likeness (QED) is 0.805. The zero-order valence-corrected chi connectivity index (χ0v) is 11.8. The molecule has 0 fully saturated rings. The molecule has 0 radical (unpaired) electrons. The monoisotopic (exact) mass is 280 g/mol. The molecular formula is C17H16N2O2. The molecule has 4 nitrogen and oxygen atoms in total. The molecule has 0 spiro atoms. The number of ketones is 1. The highest BCUT2D eigenvalue weighted by atomic mass is 16.5. The van der Waals surface area contributed by atoms with Gasteiger partial charge in [-0.2, -0.15) is 10.2 Å². The zero-order valence-electron chi connectivity index (χ0n) is 11.8.